The van der Waals surface area contributed by atoms with Crippen molar-refractivity contribution >= 4 is 23.2 Å². The second-order valence-corrected chi connectivity index (χ2v) is 6.49. The highest BCUT2D eigenvalue weighted by Gasteiger charge is 2.14. The van der Waals surface area contributed by atoms with Gasteiger partial charge in [-0.1, -0.05) is 18.1 Å². The molecular weight excluding hydrogens is 354 g/mol. The summed E-state index contributed by atoms with van der Waals surface area (Å²) in [7, 11) is 0. The van der Waals surface area contributed by atoms with Gasteiger partial charge in [-0.25, -0.2) is 0 Å². The van der Waals surface area contributed by atoms with Crippen molar-refractivity contribution in [1.82, 2.24) is 15.8 Å². The summed E-state index contributed by atoms with van der Waals surface area (Å²) in [6.45, 7) is 2.81. The van der Waals surface area contributed by atoms with Crippen molar-refractivity contribution in [2.45, 2.75) is 19.8 Å². The fourth-order valence-electron chi connectivity index (χ4n) is 2.28. The van der Waals surface area contributed by atoms with Crippen molar-refractivity contribution in [1.29, 1.82) is 0 Å². The molecule has 0 aliphatic heterocycles. The van der Waals surface area contributed by atoms with Gasteiger partial charge in [-0.2, -0.15) is 0 Å². The number of furan rings is 1. The lowest BCUT2D eigenvalue weighted by Crippen LogP contribution is -2.29. The van der Waals surface area contributed by atoms with Gasteiger partial charge >= 0.3 is 0 Å². The number of nitrogens with one attached hydrogen (secondary N) is 2. The summed E-state index contributed by atoms with van der Waals surface area (Å²) in [6, 6.07) is 8.87. The molecule has 0 saturated heterocycles. The standard InChI is InChI=1S/C18H19N3O4S/c1-2-12-6-7-14(24-12)18(23)20-9-4-8-19-17(22)13-11-15(25-21-13)16-5-3-10-26-16/h3,5-7,10-11H,2,4,8-9H2,1H3,(H,19,22)(H,20,23). The van der Waals surface area contributed by atoms with Crippen LogP contribution in [0.3, 0.4) is 0 Å². The topological polar surface area (TPSA) is 97.4 Å². The predicted octanol–water partition coefficient (Wildman–Crippen LogP) is 3.11. The highest BCUT2D eigenvalue weighted by atomic mass is 32.1. The van der Waals surface area contributed by atoms with Gasteiger partial charge in [0.1, 0.15) is 5.76 Å². The van der Waals surface area contributed by atoms with Gasteiger partial charge in [0.2, 0.25) is 0 Å². The van der Waals surface area contributed by atoms with E-state index in [2.05, 4.69) is 15.8 Å². The molecule has 136 valence electrons. The van der Waals surface area contributed by atoms with E-state index in [9.17, 15) is 9.59 Å². The molecule has 8 heteroatoms. The average Bonchev–Trinajstić information content (AvgIpc) is 3.41. The first-order valence-corrected chi connectivity index (χ1v) is 9.21. The molecule has 7 nitrogen and oxygen atoms in total. The van der Waals surface area contributed by atoms with E-state index < -0.39 is 0 Å². The summed E-state index contributed by atoms with van der Waals surface area (Å²) in [5, 5.41) is 11.2. The second kappa shape index (κ2) is 8.48. The van der Waals surface area contributed by atoms with Crippen LogP contribution in [0, 0.1) is 0 Å². The molecule has 0 bridgehead atoms. The first-order valence-electron chi connectivity index (χ1n) is 8.33. The Bertz CT molecular complexity index is 867. The maximum Gasteiger partial charge on any atom is 0.286 e. The van der Waals surface area contributed by atoms with Gasteiger partial charge in [0, 0.05) is 25.6 Å². The maximum absolute atomic E-state index is 12.0. The van der Waals surface area contributed by atoms with E-state index in [1.807, 2.05) is 24.4 Å². The molecule has 26 heavy (non-hydrogen) atoms. The van der Waals surface area contributed by atoms with E-state index in [-0.39, 0.29) is 17.5 Å². The molecule has 0 spiro atoms. The lowest BCUT2D eigenvalue weighted by Gasteiger charge is -2.04. The third-order valence-corrected chi connectivity index (χ3v) is 4.55. The van der Waals surface area contributed by atoms with Crippen molar-refractivity contribution in [3.05, 3.63) is 52.9 Å². The Morgan fingerprint density at radius 3 is 2.65 bits per heavy atom. The molecule has 0 atom stereocenters. The first kappa shape index (κ1) is 17.9. The van der Waals surface area contributed by atoms with Crippen molar-refractivity contribution in [3.63, 3.8) is 0 Å². The van der Waals surface area contributed by atoms with Gasteiger partial charge in [-0.15, -0.1) is 11.3 Å². The number of amides is 2. The Hall–Kier alpha value is -2.87. The highest BCUT2D eigenvalue weighted by molar-refractivity contribution is 7.13. The minimum atomic E-state index is -0.304. The smallest absolute Gasteiger partial charge is 0.286 e. The van der Waals surface area contributed by atoms with Gasteiger partial charge < -0.3 is 19.6 Å². The van der Waals surface area contributed by atoms with Crippen LogP contribution in [0.5, 0.6) is 0 Å². The Labute approximate surface area is 154 Å². The third-order valence-electron chi connectivity index (χ3n) is 3.67. The summed E-state index contributed by atoms with van der Waals surface area (Å²) in [4.78, 5) is 24.9. The monoisotopic (exact) mass is 373 g/mol. The quantitative estimate of drug-likeness (QED) is 0.591. The highest BCUT2D eigenvalue weighted by Crippen LogP contribution is 2.24. The molecule has 0 unspecified atom stereocenters. The molecule has 3 aromatic rings. The number of nitrogens with zero attached hydrogens (tertiary/aromatic N) is 1. The zero-order chi connectivity index (χ0) is 18.4. The van der Waals surface area contributed by atoms with E-state index in [1.54, 1.807) is 18.2 Å². The van der Waals surface area contributed by atoms with Gasteiger partial charge in [0.15, 0.2) is 17.2 Å². The number of carbonyl (C=O) groups is 2. The van der Waals surface area contributed by atoms with Crippen molar-refractivity contribution in [3.8, 4) is 10.6 Å². The Morgan fingerprint density at radius 1 is 1.15 bits per heavy atom. The van der Waals surface area contributed by atoms with E-state index >= 15 is 0 Å². The summed E-state index contributed by atoms with van der Waals surface area (Å²) in [5.74, 6) is 1.09. The summed E-state index contributed by atoms with van der Waals surface area (Å²) >= 11 is 1.52. The van der Waals surface area contributed by atoms with E-state index in [0.717, 1.165) is 17.1 Å². The SMILES string of the molecule is CCc1ccc(C(=O)NCCCNC(=O)c2cc(-c3cccs3)on2)o1. The number of thiophene rings is 1. The van der Waals surface area contributed by atoms with E-state index in [0.29, 0.717) is 31.0 Å². The van der Waals surface area contributed by atoms with Gasteiger partial charge in [0.25, 0.3) is 11.8 Å². The Kier molecular flexibility index (Phi) is 5.85. The van der Waals surface area contributed by atoms with Crippen LogP contribution >= 0.6 is 11.3 Å². The Balaban J connectivity index is 1.38. The molecule has 2 N–H and O–H groups in total. The molecule has 0 aromatic carbocycles. The maximum atomic E-state index is 12.0. The fraction of sp³-hybridized carbons (Fsp3) is 0.278. The number of hydrogen-bond acceptors (Lipinski definition) is 6. The lowest BCUT2D eigenvalue weighted by atomic mass is 10.3. The van der Waals surface area contributed by atoms with Crippen molar-refractivity contribution < 1.29 is 18.5 Å². The molecule has 0 aliphatic carbocycles. The van der Waals surface area contributed by atoms with E-state index in [4.69, 9.17) is 8.94 Å². The van der Waals surface area contributed by atoms with Gasteiger partial charge in [-0.05, 0) is 30.0 Å². The van der Waals surface area contributed by atoms with Crippen LogP contribution in [-0.4, -0.2) is 30.1 Å². The van der Waals surface area contributed by atoms with Crippen LogP contribution in [-0.2, 0) is 6.42 Å². The molecule has 0 aliphatic rings. The number of aryl methyl sites for hydroxylation is 1. The largest absolute Gasteiger partial charge is 0.456 e. The van der Waals surface area contributed by atoms with Crippen molar-refractivity contribution in [2.75, 3.05) is 13.1 Å². The molecule has 3 rings (SSSR count). The average molecular weight is 373 g/mol. The van der Waals surface area contributed by atoms with Crippen LogP contribution in [0.2, 0.25) is 0 Å². The summed E-state index contributed by atoms with van der Waals surface area (Å²) in [6.07, 6.45) is 1.34. The fourth-order valence-corrected chi connectivity index (χ4v) is 2.95. The zero-order valence-corrected chi connectivity index (χ0v) is 15.1. The van der Waals surface area contributed by atoms with Crippen LogP contribution in [0.25, 0.3) is 10.6 Å². The molecule has 0 radical (unpaired) electrons. The normalized spacial score (nSPS) is 10.7. The molecule has 0 saturated carbocycles. The van der Waals surface area contributed by atoms with Crippen LogP contribution in [0.15, 0.2) is 44.7 Å². The number of carbonyl (C=O) groups excluding carboxylic acids is 2. The minimum absolute atomic E-state index is 0.236. The molecular formula is C18H19N3O4S. The van der Waals surface area contributed by atoms with Gasteiger partial charge in [-0.3, -0.25) is 9.59 Å². The van der Waals surface area contributed by atoms with Crippen LogP contribution < -0.4 is 10.6 Å². The third kappa shape index (κ3) is 4.40. The van der Waals surface area contributed by atoms with Gasteiger partial charge in [0.05, 0.1) is 4.88 Å². The molecule has 2 amide bonds. The number of aromatic nitrogens is 1. The molecule has 3 aromatic heterocycles. The molecule has 3 heterocycles. The predicted molar refractivity (Wildman–Crippen MR) is 97.2 cm³/mol. The second-order valence-electron chi connectivity index (χ2n) is 5.54. The number of rotatable bonds is 8. The van der Waals surface area contributed by atoms with E-state index in [1.165, 1.54) is 11.3 Å². The zero-order valence-electron chi connectivity index (χ0n) is 14.3. The Morgan fingerprint density at radius 2 is 1.96 bits per heavy atom. The minimum Gasteiger partial charge on any atom is -0.456 e. The van der Waals surface area contributed by atoms with Crippen LogP contribution in [0.1, 0.15) is 40.1 Å². The molecule has 0 fully saturated rings. The van der Waals surface area contributed by atoms with Crippen molar-refractivity contribution in [2.24, 2.45) is 0 Å². The number of hydrogen-bond donors (Lipinski definition) is 2. The first-order chi connectivity index (χ1) is 12.7. The summed E-state index contributed by atoms with van der Waals surface area (Å²) in [5.41, 5.74) is 0.236. The lowest BCUT2D eigenvalue weighted by molar-refractivity contribution is 0.0924. The summed E-state index contributed by atoms with van der Waals surface area (Å²) < 4.78 is 10.6. The van der Waals surface area contributed by atoms with Crippen LogP contribution in [0.4, 0.5) is 0 Å².